The monoisotopic (exact) mass is 253 g/mol. The van der Waals surface area contributed by atoms with Crippen molar-refractivity contribution in [3.8, 4) is 0 Å². The van der Waals surface area contributed by atoms with Crippen LogP contribution in [0, 0.1) is 5.82 Å². The average molecular weight is 253 g/mol. The molecule has 1 aromatic heterocycles. The van der Waals surface area contributed by atoms with Crippen LogP contribution in [-0.4, -0.2) is 29.0 Å². The van der Waals surface area contributed by atoms with Crippen molar-refractivity contribution in [2.24, 2.45) is 5.73 Å². The van der Waals surface area contributed by atoms with Gasteiger partial charge < -0.3 is 10.6 Å². The summed E-state index contributed by atoms with van der Waals surface area (Å²) in [5, 5.41) is 0. The molecule has 3 nitrogen and oxygen atoms in total. The highest BCUT2D eigenvalue weighted by molar-refractivity contribution is 5.09. The molecule has 0 aliphatic heterocycles. The van der Waals surface area contributed by atoms with E-state index in [1.807, 2.05) is 0 Å². The van der Waals surface area contributed by atoms with Crippen LogP contribution in [-0.2, 0) is 0 Å². The lowest BCUT2D eigenvalue weighted by Crippen LogP contribution is -2.34. The van der Waals surface area contributed by atoms with E-state index in [-0.39, 0.29) is 11.9 Å². The first-order valence-corrected chi connectivity index (χ1v) is 6.65. The van der Waals surface area contributed by atoms with Crippen molar-refractivity contribution in [3.63, 3.8) is 0 Å². The molecule has 1 unspecified atom stereocenters. The first kappa shape index (κ1) is 15.1. The Morgan fingerprint density at radius 1 is 1.33 bits per heavy atom. The summed E-state index contributed by atoms with van der Waals surface area (Å²) in [5.74, 6) is -0.319. The molecule has 0 aliphatic rings. The van der Waals surface area contributed by atoms with Crippen LogP contribution in [0.3, 0.4) is 0 Å². The molecule has 0 fully saturated rings. The molecular weight excluding hydrogens is 229 g/mol. The summed E-state index contributed by atoms with van der Waals surface area (Å²) in [5.41, 5.74) is 6.84. The maximum Gasteiger partial charge on any atom is 0.141 e. The molecule has 102 valence electrons. The fourth-order valence-corrected chi connectivity index (χ4v) is 1.97. The number of nitrogens with zero attached hydrogens (tertiary/aromatic N) is 2. The third-order valence-electron chi connectivity index (χ3n) is 3.10. The van der Waals surface area contributed by atoms with Crippen molar-refractivity contribution in [2.45, 2.75) is 45.7 Å². The zero-order valence-corrected chi connectivity index (χ0v) is 11.6. The van der Waals surface area contributed by atoms with Gasteiger partial charge in [-0.2, -0.15) is 0 Å². The Bertz CT molecular complexity index is 337. The first-order valence-electron chi connectivity index (χ1n) is 6.65. The summed E-state index contributed by atoms with van der Waals surface area (Å²) in [4.78, 5) is 6.43. The van der Waals surface area contributed by atoms with Gasteiger partial charge in [0.2, 0.25) is 0 Å². The molecule has 1 heterocycles. The molecule has 0 bridgehead atoms. The molecule has 0 aliphatic carbocycles. The van der Waals surface area contributed by atoms with Crippen LogP contribution < -0.4 is 5.73 Å². The van der Waals surface area contributed by atoms with Crippen LogP contribution in [0.15, 0.2) is 18.3 Å². The summed E-state index contributed by atoms with van der Waals surface area (Å²) in [6, 6.07) is 3.48. The van der Waals surface area contributed by atoms with E-state index in [1.165, 1.54) is 12.3 Å². The first-order chi connectivity index (χ1) is 8.54. The zero-order valence-electron chi connectivity index (χ0n) is 11.6. The van der Waals surface area contributed by atoms with Gasteiger partial charge in [0.25, 0.3) is 0 Å². The van der Waals surface area contributed by atoms with E-state index in [0.717, 1.165) is 31.6 Å². The van der Waals surface area contributed by atoms with Crippen molar-refractivity contribution in [1.82, 2.24) is 9.88 Å². The molecule has 0 saturated carbocycles. The van der Waals surface area contributed by atoms with Crippen molar-refractivity contribution in [1.29, 1.82) is 0 Å². The van der Waals surface area contributed by atoms with E-state index in [1.54, 1.807) is 6.07 Å². The van der Waals surface area contributed by atoms with Crippen molar-refractivity contribution < 1.29 is 4.39 Å². The smallest absolute Gasteiger partial charge is 0.141 e. The topological polar surface area (TPSA) is 42.1 Å². The second-order valence-corrected chi connectivity index (χ2v) is 4.93. The van der Waals surface area contributed by atoms with Crippen LogP contribution in [0.5, 0.6) is 0 Å². The Labute approximate surface area is 109 Å². The van der Waals surface area contributed by atoms with Gasteiger partial charge in [-0.1, -0.05) is 6.92 Å². The van der Waals surface area contributed by atoms with Crippen LogP contribution in [0.25, 0.3) is 0 Å². The fraction of sp³-hybridized carbons (Fsp3) is 0.643. The van der Waals surface area contributed by atoms with E-state index >= 15 is 0 Å². The minimum atomic E-state index is -0.319. The molecule has 2 N–H and O–H groups in total. The molecule has 0 radical (unpaired) electrons. The Morgan fingerprint density at radius 3 is 2.56 bits per heavy atom. The van der Waals surface area contributed by atoms with Gasteiger partial charge >= 0.3 is 0 Å². The molecule has 0 amide bonds. The summed E-state index contributed by atoms with van der Waals surface area (Å²) in [6.07, 6.45) is 3.21. The maximum absolute atomic E-state index is 12.8. The lowest BCUT2D eigenvalue weighted by Gasteiger charge is -2.27. The summed E-state index contributed by atoms with van der Waals surface area (Å²) in [6.45, 7) is 8.60. The number of hydrogen-bond donors (Lipinski definition) is 1. The van der Waals surface area contributed by atoms with E-state index in [4.69, 9.17) is 5.73 Å². The largest absolute Gasteiger partial charge is 0.323 e. The number of pyridine rings is 1. The highest BCUT2D eigenvalue weighted by Gasteiger charge is 2.12. The minimum absolute atomic E-state index is 0.122. The van der Waals surface area contributed by atoms with Gasteiger partial charge in [-0.25, -0.2) is 4.39 Å². The van der Waals surface area contributed by atoms with Crippen LogP contribution >= 0.6 is 0 Å². The SMILES string of the molecule is CCCN(CCC(N)c1ccc(F)cn1)C(C)C. The fourth-order valence-electron chi connectivity index (χ4n) is 1.97. The molecule has 1 aromatic rings. The summed E-state index contributed by atoms with van der Waals surface area (Å²) >= 11 is 0. The van der Waals surface area contributed by atoms with E-state index < -0.39 is 0 Å². The van der Waals surface area contributed by atoms with Gasteiger partial charge in [0.1, 0.15) is 5.82 Å². The molecule has 1 atom stereocenters. The molecule has 0 spiro atoms. The summed E-state index contributed by atoms with van der Waals surface area (Å²) < 4.78 is 12.8. The van der Waals surface area contributed by atoms with Gasteiger partial charge in [0.15, 0.2) is 0 Å². The second kappa shape index (κ2) is 7.44. The molecule has 0 aromatic carbocycles. The number of nitrogens with two attached hydrogens (primary N) is 1. The predicted octanol–water partition coefficient (Wildman–Crippen LogP) is 2.73. The van der Waals surface area contributed by atoms with E-state index in [2.05, 4.69) is 30.7 Å². The molecule has 1 rings (SSSR count). The van der Waals surface area contributed by atoms with Crippen LogP contribution in [0.1, 0.15) is 45.3 Å². The Hall–Kier alpha value is -1.00. The molecule has 0 saturated heterocycles. The Kier molecular flexibility index (Phi) is 6.22. The normalized spacial score (nSPS) is 13.3. The quantitative estimate of drug-likeness (QED) is 0.812. The third kappa shape index (κ3) is 4.70. The Balaban J connectivity index is 2.48. The van der Waals surface area contributed by atoms with Crippen LogP contribution in [0.2, 0.25) is 0 Å². The predicted molar refractivity (Wildman–Crippen MR) is 72.7 cm³/mol. The van der Waals surface area contributed by atoms with Crippen molar-refractivity contribution in [2.75, 3.05) is 13.1 Å². The maximum atomic E-state index is 12.8. The van der Waals surface area contributed by atoms with Gasteiger partial charge in [-0.3, -0.25) is 4.98 Å². The number of aromatic nitrogens is 1. The van der Waals surface area contributed by atoms with E-state index in [0.29, 0.717) is 6.04 Å². The number of hydrogen-bond acceptors (Lipinski definition) is 3. The molecular formula is C14H24FN3. The second-order valence-electron chi connectivity index (χ2n) is 4.93. The van der Waals surface area contributed by atoms with Crippen molar-refractivity contribution >= 4 is 0 Å². The number of rotatable bonds is 7. The third-order valence-corrected chi connectivity index (χ3v) is 3.10. The molecule has 4 heteroatoms. The Morgan fingerprint density at radius 2 is 2.06 bits per heavy atom. The number of halogens is 1. The van der Waals surface area contributed by atoms with Crippen molar-refractivity contribution in [3.05, 3.63) is 29.8 Å². The van der Waals surface area contributed by atoms with Crippen LogP contribution in [0.4, 0.5) is 4.39 Å². The lowest BCUT2D eigenvalue weighted by molar-refractivity contribution is 0.214. The van der Waals surface area contributed by atoms with Gasteiger partial charge in [-0.15, -0.1) is 0 Å². The highest BCUT2D eigenvalue weighted by Crippen LogP contribution is 2.13. The van der Waals surface area contributed by atoms with E-state index in [9.17, 15) is 4.39 Å². The lowest BCUT2D eigenvalue weighted by atomic mass is 10.1. The zero-order chi connectivity index (χ0) is 13.5. The standard InChI is InChI=1S/C14H24FN3/c1-4-8-18(11(2)3)9-7-13(16)14-6-5-12(15)10-17-14/h5-6,10-11,13H,4,7-9,16H2,1-3H3. The van der Waals surface area contributed by atoms with Gasteiger partial charge in [0.05, 0.1) is 11.9 Å². The molecule has 18 heavy (non-hydrogen) atoms. The minimum Gasteiger partial charge on any atom is -0.323 e. The highest BCUT2D eigenvalue weighted by atomic mass is 19.1. The average Bonchev–Trinajstić information content (AvgIpc) is 2.34. The summed E-state index contributed by atoms with van der Waals surface area (Å²) in [7, 11) is 0. The van der Waals surface area contributed by atoms with Gasteiger partial charge in [0, 0.05) is 18.6 Å². The van der Waals surface area contributed by atoms with Gasteiger partial charge in [-0.05, 0) is 45.4 Å².